The third-order valence-corrected chi connectivity index (χ3v) is 1.01. The molecule has 0 fully saturated rings. The van der Waals surface area contributed by atoms with Gasteiger partial charge in [0.2, 0.25) is 7.98 Å². The van der Waals surface area contributed by atoms with Gasteiger partial charge in [-0.05, 0) is 6.42 Å². The molecule has 0 aliphatic heterocycles. The SMILES string of the molecule is [B]NNCCCCC. The van der Waals surface area contributed by atoms with Crippen molar-refractivity contribution < 1.29 is 0 Å². The summed E-state index contributed by atoms with van der Waals surface area (Å²) in [7, 11) is 4.95. The molecule has 2 radical (unpaired) electrons. The first-order valence-electron chi connectivity index (χ1n) is 3.10. The van der Waals surface area contributed by atoms with E-state index >= 15 is 0 Å². The fourth-order valence-electron chi connectivity index (χ4n) is 0.536. The maximum absolute atomic E-state index is 4.95. The molecule has 0 heterocycles. The van der Waals surface area contributed by atoms with Crippen LogP contribution in [0.25, 0.3) is 0 Å². The molecule has 0 aliphatic carbocycles. The first-order chi connectivity index (χ1) is 3.91. The third-order valence-electron chi connectivity index (χ3n) is 1.01. The second kappa shape index (κ2) is 6.98. The van der Waals surface area contributed by atoms with Crippen LogP contribution in [0.1, 0.15) is 26.2 Å². The topological polar surface area (TPSA) is 24.1 Å². The van der Waals surface area contributed by atoms with Crippen molar-refractivity contribution >= 4 is 7.98 Å². The largest absolute Gasteiger partial charge is 0.311 e. The molecule has 3 heteroatoms. The lowest BCUT2D eigenvalue weighted by Crippen LogP contribution is -2.29. The number of hydrogen-bond acceptors (Lipinski definition) is 2. The number of nitrogens with one attached hydrogen (secondary N) is 2. The van der Waals surface area contributed by atoms with Crippen molar-refractivity contribution in [1.82, 2.24) is 10.8 Å². The van der Waals surface area contributed by atoms with Gasteiger partial charge in [0.15, 0.2) is 0 Å². The lowest BCUT2D eigenvalue weighted by Gasteiger charge is -1.99. The van der Waals surface area contributed by atoms with Crippen molar-refractivity contribution in [1.29, 1.82) is 0 Å². The average molecular weight is 112 g/mol. The highest BCUT2D eigenvalue weighted by atomic mass is 15.3. The summed E-state index contributed by atoms with van der Waals surface area (Å²) in [6.07, 6.45) is 3.72. The molecule has 0 amide bonds. The first kappa shape index (κ1) is 7.98. The molecule has 0 atom stereocenters. The van der Waals surface area contributed by atoms with Gasteiger partial charge in [-0.15, -0.1) is 0 Å². The highest BCUT2D eigenvalue weighted by molar-refractivity contribution is 6.03. The lowest BCUT2D eigenvalue weighted by atomic mass is 10.2. The molecule has 0 spiro atoms. The summed E-state index contributed by atoms with van der Waals surface area (Å²) >= 11 is 0. The molecule has 0 rings (SSSR count). The molecule has 0 unspecified atom stereocenters. The predicted molar refractivity (Wildman–Crippen MR) is 36.4 cm³/mol. The molecular weight excluding hydrogens is 98.9 g/mol. The minimum absolute atomic E-state index is 0.963. The Kier molecular flexibility index (Phi) is 6.97. The summed E-state index contributed by atoms with van der Waals surface area (Å²) in [4.78, 5) is 0. The van der Waals surface area contributed by atoms with Crippen molar-refractivity contribution in [3.05, 3.63) is 0 Å². The van der Waals surface area contributed by atoms with Gasteiger partial charge in [0, 0.05) is 6.54 Å². The summed E-state index contributed by atoms with van der Waals surface area (Å²) < 4.78 is 0. The Morgan fingerprint density at radius 3 is 2.62 bits per heavy atom. The second-order valence-corrected chi connectivity index (χ2v) is 1.78. The molecule has 0 aromatic carbocycles. The number of hydrogen-bond donors (Lipinski definition) is 2. The van der Waals surface area contributed by atoms with E-state index in [0.717, 1.165) is 6.54 Å². The first-order valence-corrected chi connectivity index (χ1v) is 3.10. The van der Waals surface area contributed by atoms with Crippen LogP contribution in [-0.4, -0.2) is 14.5 Å². The molecule has 0 aliphatic rings. The quantitative estimate of drug-likeness (QED) is 0.304. The number of unbranched alkanes of at least 4 members (excludes halogenated alkanes) is 2. The van der Waals surface area contributed by atoms with Gasteiger partial charge in [-0.25, -0.2) is 0 Å². The molecule has 8 heavy (non-hydrogen) atoms. The van der Waals surface area contributed by atoms with Gasteiger partial charge in [-0.1, -0.05) is 19.8 Å². The average Bonchev–Trinajstić information content (AvgIpc) is 1.81. The lowest BCUT2D eigenvalue weighted by molar-refractivity contribution is 0.605. The monoisotopic (exact) mass is 112 g/mol. The van der Waals surface area contributed by atoms with Crippen LogP contribution < -0.4 is 10.8 Å². The van der Waals surface area contributed by atoms with Gasteiger partial charge in [0.25, 0.3) is 0 Å². The minimum Gasteiger partial charge on any atom is -0.311 e. The van der Waals surface area contributed by atoms with Crippen molar-refractivity contribution in [2.24, 2.45) is 0 Å². The van der Waals surface area contributed by atoms with Crippen molar-refractivity contribution in [2.75, 3.05) is 6.54 Å². The van der Waals surface area contributed by atoms with Crippen molar-refractivity contribution in [3.63, 3.8) is 0 Å². The van der Waals surface area contributed by atoms with Crippen LogP contribution in [-0.2, 0) is 0 Å². The molecule has 2 nitrogen and oxygen atoms in total. The van der Waals surface area contributed by atoms with E-state index in [1.54, 1.807) is 0 Å². The Morgan fingerprint density at radius 1 is 1.38 bits per heavy atom. The van der Waals surface area contributed by atoms with E-state index in [1.807, 2.05) is 0 Å². The minimum atomic E-state index is 0.963. The maximum atomic E-state index is 4.95. The Hall–Kier alpha value is -0.0151. The summed E-state index contributed by atoms with van der Waals surface area (Å²) in [5.41, 5.74) is 2.81. The summed E-state index contributed by atoms with van der Waals surface area (Å²) in [5.74, 6) is 0. The fourth-order valence-corrected chi connectivity index (χ4v) is 0.536. The fraction of sp³-hybridized carbons (Fsp3) is 1.00. The smallest absolute Gasteiger partial charge is 0.201 e. The van der Waals surface area contributed by atoms with Crippen LogP contribution >= 0.6 is 0 Å². The van der Waals surface area contributed by atoms with Gasteiger partial charge >= 0.3 is 0 Å². The van der Waals surface area contributed by atoms with E-state index in [0.29, 0.717) is 0 Å². The van der Waals surface area contributed by atoms with Crippen molar-refractivity contribution in [2.45, 2.75) is 26.2 Å². The molecule has 0 bridgehead atoms. The van der Waals surface area contributed by atoms with E-state index < -0.39 is 0 Å². The van der Waals surface area contributed by atoms with Crippen LogP contribution in [0.2, 0.25) is 0 Å². The van der Waals surface area contributed by atoms with Crippen LogP contribution in [0.4, 0.5) is 0 Å². The number of rotatable bonds is 5. The normalized spacial score (nSPS) is 9.62. The van der Waals surface area contributed by atoms with Crippen LogP contribution in [0.3, 0.4) is 0 Å². The Morgan fingerprint density at radius 2 is 2.12 bits per heavy atom. The highest BCUT2D eigenvalue weighted by Crippen LogP contribution is 1.89. The van der Waals surface area contributed by atoms with Gasteiger partial charge in [0.1, 0.15) is 0 Å². The Labute approximate surface area is 52.4 Å². The second-order valence-electron chi connectivity index (χ2n) is 1.78. The van der Waals surface area contributed by atoms with E-state index in [2.05, 4.69) is 17.7 Å². The molecule has 2 N–H and O–H groups in total. The molecule has 0 aromatic heterocycles. The molecule has 0 aromatic rings. The van der Waals surface area contributed by atoms with Crippen LogP contribution in [0, 0.1) is 0 Å². The van der Waals surface area contributed by atoms with Gasteiger partial charge in [0.05, 0.1) is 0 Å². The van der Waals surface area contributed by atoms with E-state index in [9.17, 15) is 0 Å². The Balaban J connectivity index is 2.53. The molecule has 0 saturated carbocycles. The summed E-state index contributed by atoms with van der Waals surface area (Å²) in [6, 6.07) is 0. The molecule has 46 valence electrons. The van der Waals surface area contributed by atoms with E-state index in [-0.39, 0.29) is 0 Å². The zero-order chi connectivity index (χ0) is 6.24. The summed E-state index contributed by atoms with van der Waals surface area (Å²) in [6.45, 7) is 3.14. The van der Waals surface area contributed by atoms with Gasteiger partial charge in [-0.2, -0.15) is 0 Å². The van der Waals surface area contributed by atoms with Gasteiger partial charge in [-0.3, -0.25) is 5.43 Å². The Bertz CT molecular complexity index is 35.4. The zero-order valence-corrected chi connectivity index (χ0v) is 5.41. The highest BCUT2D eigenvalue weighted by Gasteiger charge is 1.81. The summed E-state index contributed by atoms with van der Waals surface area (Å²) in [5, 5.41) is 2.38. The molecular formula is C5H13BN2. The van der Waals surface area contributed by atoms with Crippen LogP contribution in [0.15, 0.2) is 0 Å². The standard InChI is InChI=1S/C5H13BN2/c1-2-3-4-5-7-8-6/h7-8H,2-5H2,1H3. The zero-order valence-electron chi connectivity index (χ0n) is 5.41. The van der Waals surface area contributed by atoms with Crippen LogP contribution in [0.5, 0.6) is 0 Å². The van der Waals surface area contributed by atoms with E-state index in [1.165, 1.54) is 19.3 Å². The predicted octanol–water partition coefficient (Wildman–Crippen LogP) is 0.354. The third kappa shape index (κ3) is 5.98. The maximum Gasteiger partial charge on any atom is 0.201 e. The van der Waals surface area contributed by atoms with E-state index in [4.69, 9.17) is 7.98 Å². The molecule has 0 saturated heterocycles. The number of hydrazine groups is 1. The van der Waals surface area contributed by atoms with Crippen molar-refractivity contribution in [3.8, 4) is 0 Å². The van der Waals surface area contributed by atoms with Gasteiger partial charge < -0.3 is 5.34 Å².